The number of hydrogen-bond acceptors (Lipinski definition) is 5. The molecule has 7 nitrogen and oxygen atoms in total. The van der Waals surface area contributed by atoms with E-state index in [1.165, 1.54) is 0 Å². The van der Waals surface area contributed by atoms with Crippen molar-refractivity contribution in [1.82, 2.24) is 25.5 Å². The molecule has 24 heavy (non-hydrogen) atoms. The Bertz CT molecular complexity index is 840. The molecular formula is C17H18N6O. The number of likely N-dealkylation sites (N-methyl/N-ethyl adjacent to an activating group) is 1. The van der Waals surface area contributed by atoms with Gasteiger partial charge < -0.3 is 10.6 Å². The summed E-state index contributed by atoms with van der Waals surface area (Å²) in [5.74, 6) is 0.572. The molecule has 0 atom stereocenters. The van der Waals surface area contributed by atoms with Crippen molar-refractivity contribution in [2.24, 2.45) is 0 Å². The number of nitrogen functional groups attached to an aromatic ring is 1. The molecule has 0 aliphatic heterocycles. The van der Waals surface area contributed by atoms with Gasteiger partial charge in [0.25, 0.3) is 0 Å². The first-order chi connectivity index (χ1) is 11.5. The number of tetrazole rings is 1. The lowest BCUT2D eigenvalue weighted by Crippen LogP contribution is -2.23. The zero-order chi connectivity index (χ0) is 17.1. The predicted octanol–water partition coefficient (Wildman–Crippen LogP) is 1.75. The minimum atomic E-state index is 0.0751. The third-order valence-electron chi connectivity index (χ3n) is 3.70. The van der Waals surface area contributed by atoms with Crippen LogP contribution >= 0.6 is 0 Å². The summed E-state index contributed by atoms with van der Waals surface area (Å²) in [5.41, 5.74) is 10.4. The summed E-state index contributed by atoms with van der Waals surface area (Å²) < 4.78 is 0. The maximum Gasteiger partial charge on any atom is 0.226 e. The van der Waals surface area contributed by atoms with Gasteiger partial charge in [0.1, 0.15) is 0 Å². The third kappa shape index (κ3) is 3.40. The van der Waals surface area contributed by atoms with E-state index in [0.29, 0.717) is 17.9 Å². The molecule has 1 aromatic heterocycles. The number of H-pyrrole nitrogens is 1. The molecule has 7 heteroatoms. The van der Waals surface area contributed by atoms with Gasteiger partial charge in [0.15, 0.2) is 0 Å². The number of benzene rings is 2. The van der Waals surface area contributed by atoms with Crippen molar-refractivity contribution in [1.29, 1.82) is 0 Å². The van der Waals surface area contributed by atoms with Crippen LogP contribution in [0.15, 0.2) is 42.5 Å². The number of nitrogens with two attached hydrogens (primary N) is 1. The molecule has 3 rings (SSSR count). The fourth-order valence-corrected chi connectivity index (χ4v) is 2.38. The first-order valence-electron chi connectivity index (χ1n) is 7.47. The van der Waals surface area contributed by atoms with Crippen molar-refractivity contribution in [3.8, 4) is 22.5 Å². The third-order valence-corrected chi connectivity index (χ3v) is 3.70. The van der Waals surface area contributed by atoms with Crippen LogP contribution in [0.4, 0.5) is 5.69 Å². The Labute approximate surface area is 139 Å². The Hall–Kier alpha value is -3.22. The lowest BCUT2D eigenvalue weighted by atomic mass is 10.00. The normalized spacial score (nSPS) is 10.6. The van der Waals surface area contributed by atoms with Crippen LogP contribution in [0.25, 0.3) is 22.5 Å². The maximum atomic E-state index is 11.8. The Morgan fingerprint density at radius 3 is 2.42 bits per heavy atom. The van der Waals surface area contributed by atoms with Gasteiger partial charge in [-0.25, -0.2) is 0 Å². The number of hydrogen-bond donors (Lipinski definition) is 2. The van der Waals surface area contributed by atoms with E-state index in [0.717, 1.165) is 22.3 Å². The summed E-state index contributed by atoms with van der Waals surface area (Å²) >= 11 is 0. The molecule has 0 spiro atoms. The monoisotopic (exact) mass is 322 g/mol. The van der Waals surface area contributed by atoms with E-state index in [1.807, 2.05) is 36.4 Å². The average Bonchev–Trinajstić information content (AvgIpc) is 3.09. The Morgan fingerprint density at radius 1 is 1.08 bits per heavy atom. The molecule has 1 amide bonds. The molecular weight excluding hydrogens is 304 g/mol. The van der Waals surface area contributed by atoms with Gasteiger partial charge >= 0.3 is 0 Å². The number of nitrogens with zero attached hydrogens (tertiary/aromatic N) is 4. The number of anilines is 1. The quantitative estimate of drug-likeness (QED) is 0.713. The zero-order valence-electron chi connectivity index (χ0n) is 13.5. The Morgan fingerprint density at radius 2 is 1.79 bits per heavy atom. The number of amides is 1. The SMILES string of the molecule is CN(C)C(=O)Cc1ccc(-c2cc(N)cc(-c3nn[nH]n3)c2)cc1. The Balaban J connectivity index is 1.88. The standard InChI is InChI=1S/C17H18N6O/c1-23(2)16(24)7-11-3-5-12(6-4-11)13-8-14(10-15(18)9-13)17-19-21-22-20-17/h3-6,8-10H,7,18H2,1-2H3,(H,19,20,21,22). The second-order valence-electron chi connectivity index (χ2n) is 5.74. The van der Waals surface area contributed by atoms with Crippen molar-refractivity contribution in [3.63, 3.8) is 0 Å². The van der Waals surface area contributed by atoms with Crippen LogP contribution in [0, 0.1) is 0 Å². The molecule has 0 aliphatic carbocycles. The summed E-state index contributed by atoms with van der Waals surface area (Å²) in [6.45, 7) is 0. The van der Waals surface area contributed by atoms with Crippen LogP contribution in [0.5, 0.6) is 0 Å². The zero-order valence-corrected chi connectivity index (χ0v) is 13.5. The molecule has 0 saturated carbocycles. The van der Waals surface area contributed by atoms with Gasteiger partial charge in [-0.05, 0) is 40.1 Å². The highest BCUT2D eigenvalue weighted by Gasteiger charge is 2.09. The fourth-order valence-electron chi connectivity index (χ4n) is 2.38. The number of rotatable bonds is 4. The highest BCUT2D eigenvalue weighted by atomic mass is 16.2. The van der Waals surface area contributed by atoms with Crippen molar-refractivity contribution in [3.05, 3.63) is 48.0 Å². The number of aromatic amines is 1. The molecule has 0 unspecified atom stereocenters. The molecule has 2 aromatic carbocycles. The van der Waals surface area contributed by atoms with Crippen molar-refractivity contribution in [2.45, 2.75) is 6.42 Å². The van der Waals surface area contributed by atoms with E-state index in [-0.39, 0.29) is 5.91 Å². The molecule has 0 bridgehead atoms. The van der Waals surface area contributed by atoms with Gasteiger partial charge in [-0.3, -0.25) is 4.79 Å². The Kier molecular flexibility index (Phi) is 4.24. The number of carbonyl (C=O) groups is 1. The van der Waals surface area contributed by atoms with E-state index in [1.54, 1.807) is 25.1 Å². The van der Waals surface area contributed by atoms with Crippen LogP contribution in [0.3, 0.4) is 0 Å². The lowest BCUT2D eigenvalue weighted by molar-refractivity contribution is -0.127. The first-order valence-corrected chi connectivity index (χ1v) is 7.47. The maximum absolute atomic E-state index is 11.8. The van der Waals surface area contributed by atoms with Crippen LogP contribution < -0.4 is 5.73 Å². The summed E-state index contributed by atoms with van der Waals surface area (Å²) in [4.78, 5) is 13.4. The van der Waals surface area contributed by atoms with Crippen molar-refractivity contribution in [2.75, 3.05) is 19.8 Å². The molecule has 3 aromatic rings. The van der Waals surface area contributed by atoms with E-state index in [9.17, 15) is 4.79 Å². The van der Waals surface area contributed by atoms with E-state index in [4.69, 9.17) is 5.73 Å². The van der Waals surface area contributed by atoms with Crippen molar-refractivity contribution < 1.29 is 4.79 Å². The second kappa shape index (κ2) is 6.49. The van der Waals surface area contributed by atoms with Gasteiger partial charge in [0.2, 0.25) is 11.7 Å². The molecule has 0 aliphatic rings. The van der Waals surface area contributed by atoms with Crippen LogP contribution in [0.1, 0.15) is 5.56 Å². The predicted molar refractivity (Wildman–Crippen MR) is 91.9 cm³/mol. The molecule has 0 radical (unpaired) electrons. The summed E-state index contributed by atoms with van der Waals surface area (Å²) in [5, 5.41) is 14.0. The summed E-state index contributed by atoms with van der Waals surface area (Å²) in [7, 11) is 3.51. The van der Waals surface area contributed by atoms with E-state index < -0.39 is 0 Å². The number of aromatic nitrogens is 4. The average molecular weight is 322 g/mol. The van der Waals surface area contributed by atoms with Crippen molar-refractivity contribution >= 4 is 11.6 Å². The van der Waals surface area contributed by atoms with Gasteiger partial charge in [0, 0.05) is 25.3 Å². The molecule has 122 valence electrons. The fraction of sp³-hybridized carbons (Fsp3) is 0.176. The molecule has 0 fully saturated rings. The van der Waals surface area contributed by atoms with Gasteiger partial charge in [-0.15, -0.1) is 10.2 Å². The molecule has 3 N–H and O–H groups in total. The number of nitrogens with one attached hydrogen (secondary N) is 1. The minimum absolute atomic E-state index is 0.0751. The minimum Gasteiger partial charge on any atom is -0.399 e. The number of carbonyl (C=O) groups excluding carboxylic acids is 1. The topological polar surface area (TPSA) is 101 Å². The van der Waals surface area contributed by atoms with Crippen LogP contribution in [0.2, 0.25) is 0 Å². The highest BCUT2D eigenvalue weighted by molar-refractivity contribution is 5.79. The summed E-state index contributed by atoms with van der Waals surface area (Å²) in [6, 6.07) is 13.5. The first kappa shape index (κ1) is 15.7. The van der Waals surface area contributed by atoms with E-state index in [2.05, 4.69) is 20.6 Å². The molecule has 0 saturated heterocycles. The van der Waals surface area contributed by atoms with Gasteiger partial charge in [-0.1, -0.05) is 24.3 Å². The van der Waals surface area contributed by atoms with Crippen LogP contribution in [-0.2, 0) is 11.2 Å². The molecule has 1 heterocycles. The summed E-state index contributed by atoms with van der Waals surface area (Å²) in [6.07, 6.45) is 0.387. The van der Waals surface area contributed by atoms with Gasteiger partial charge in [-0.2, -0.15) is 5.21 Å². The van der Waals surface area contributed by atoms with Gasteiger partial charge in [0.05, 0.1) is 6.42 Å². The highest BCUT2D eigenvalue weighted by Crippen LogP contribution is 2.27. The lowest BCUT2D eigenvalue weighted by Gasteiger charge is -2.11. The largest absolute Gasteiger partial charge is 0.399 e. The van der Waals surface area contributed by atoms with E-state index >= 15 is 0 Å². The second-order valence-corrected chi connectivity index (χ2v) is 5.74. The smallest absolute Gasteiger partial charge is 0.226 e. The van der Waals surface area contributed by atoms with Crippen LogP contribution in [-0.4, -0.2) is 45.5 Å².